The lowest BCUT2D eigenvalue weighted by Gasteiger charge is -2.02. The van der Waals surface area contributed by atoms with Crippen molar-refractivity contribution >= 4 is 22.8 Å². The zero-order chi connectivity index (χ0) is 10.7. The molecule has 0 heterocycles. The number of rotatable bonds is 2. The van der Waals surface area contributed by atoms with Crippen molar-refractivity contribution < 1.29 is 19.4 Å². The van der Waals surface area contributed by atoms with E-state index in [9.17, 15) is 14.7 Å². The molecule has 74 valence electrons. The van der Waals surface area contributed by atoms with Gasteiger partial charge in [0.05, 0.1) is 18.2 Å². The molecule has 4 nitrogen and oxygen atoms in total. The summed E-state index contributed by atoms with van der Waals surface area (Å²) in [5.41, 5.74) is 0.117. The van der Waals surface area contributed by atoms with Crippen molar-refractivity contribution in [2.75, 3.05) is 7.11 Å². The topological polar surface area (TPSA) is 63.6 Å². The standard InChI is InChI=1S/C9H7ClO4/c1-14-9(13)5-2-3-6(8(10)12)7(11)4-5/h2-4,11H,1H3. The van der Waals surface area contributed by atoms with Gasteiger partial charge >= 0.3 is 5.97 Å². The highest BCUT2D eigenvalue weighted by molar-refractivity contribution is 6.68. The Hall–Kier alpha value is -1.55. The van der Waals surface area contributed by atoms with Gasteiger partial charge in [0.2, 0.25) is 0 Å². The van der Waals surface area contributed by atoms with Crippen LogP contribution in [0.25, 0.3) is 0 Å². The van der Waals surface area contributed by atoms with E-state index in [1.165, 1.54) is 19.2 Å². The van der Waals surface area contributed by atoms with Crippen molar-refractivity contribution in [2.24, 2.45) is 0 Å². The van der Waals surface area contributed by atoms with Gasteiger partial charge in [0.25, 0.3) is 5.24 Å². The minimum absolute atomic E-state index is 0.0423. The first-order valence-corrected chi connectivity index (χ1v) is 4.05. The lowest BCUT2D eigenvalue weighted by atomic mass is 10.1. The molecule has 0 unspecified atom stereocenters. The van der Waals surface area contributed by atoms with Crippen molar-refractivity contribution in [1.29, 1.82) is 0 Å². The molecule has 0 aliphatic rings. The summed E-state index contributed by atoms with van der Waals surface area (Å²) in [6, 6.07) is 3.74. The van der Waals surface area contributed by atoms with Crippen LogP contribution < -0.4 is 0 Å². The highest BCUT2D eigenvalue weighted by Gasteiger charge is 2.12. The first-order chi connectivity index (χ1) is 6.56. The third-order valence-electron chi connectivity index (χ3n) is 1.63. The molecule has 0 bridgehead atoms. The number of hydrogen-bond donors (Lipinski definition) is 1. The lowest BCUT2D eigenvalue weighted by Crippen LogP contribution is -2.01. The molecule has 1 aromatic carbocycles. The third kappa shape index (κ3) is 2.03. The molecule has 0 saturated carbocycles. The summed E-state index contributed by atoms with van der Waals surface area (Å²) in [7, 11) is 1.22. The highest BCUT2D eigenvalue weighted by atomic mass is 35.5. The van der Waals surface area contributed by atoms with Gasteiger partial charge in [-0.1, -0.05) is 0 Å². The normalized spacial score (nSPS) is 9.57. The highest BCUT2D eigenvalue weighted by Crippen LogP contribution is 2.20. The van der Waals surface area contributed by atoms with E-state index in [2.05, 4.69) is 4.74 Å². The van der Waals surface area contributed by atoms with Crippen LogP contribution >= 0.6 is 11.6 Å². The van der Waals surface area contributed by atoms with E-state index in [0.29, 0.717) is 0 Å². The third-order valence-corrected chi connectivity index (χ3v) is 1.83. The van der Waals surface area contributed by atoms with Crippen LogP contribution in [0.5, 0.6) is 5.75 Å². The molecule has 0 fully saturated rings. The number of hydrogen-bond acceptors (Lipinski definition) is 4. The first kappa shape index (κ1) is 10.5. The second-order valence-corrected chi connectivity index (χ2v) is 2.84. The Balaban J connectivity index is 3.12. The largest absolute Gasteiger partial charge is 0.507 e. The number of carbonyl (C=O) groups excluding carboxylic acids is 2. The Bertz CT molecular complexity index is 386. The van der Waals surface area contributed by atoms with Gasteiger partial charge in [-0.15, -0.1) is 0 Å². The predicted molar refractivity (Wildman–Crippen MR) is 49.6 cm³/mol. The molecule has 0 spiro atoms. The Labute approximate surface area is 85.1 Å². The molecule has 1 aromatic rings. The van der Waals surface area contributed by atoms with Crippen LogP contribution in [-0.4, -0.2) is 23.4 Å². The summed E-state index contributed by atoms with van der Waals surface area (Å²) in [5.74, 6) is -0.929. The molecule has 0 aliphatic heterocycles. The fourth-order valence-corrected chi connectivity index (χ4v) is 1.10. The number of aromatic hydroxyl groups is 1. The van der Waals surface area contributed by atoms with Crippen LogP contribution in [0.3, 0.4) is 0 Å². The fourth-order valence-electron chi connectivity index (χ4n) is 0.943. The van der Waals surface area contributed by atoms with E-state index >= 15 is 0 Å². The number of carbonyl (C=O) groups is 2. The molecule has 0 aromatic heterocycles. The molecule has 0 amide bonds. The van der Waals surface area contributed by atoms with E-state index in [1.54, 1.807) is 0 Å². The Morgan fingerprint density at radius 2 is 2.07 bits per heavy atom. The van der Waals surface area contributed by atoms with Gasteiger partial charge in [-0.25, -0.2) is 4.79 Å². The quantitative estimate of drug-likeness (QED) is 0.599. The van der Waals surface area contributed by atoms with Gasteiger partial charge in [0, 0.05) is 0 Å². The van der Waals surface area contributed by atoms with Crippen molar-refractivity contribution in [1.82, 2.24) is 0 Å². The van der Waals surface area contributed by atoms with Gasteiger partial charge in [-0.05, 0) is 29.8 Å². The summed E-state index contributed by atoms with van der Waals surface area (Å²) >= 11 is 5.16. The maximum Gasteiger partial charge on any atom is 0.337 e. The molecule has 1 N–H and O–H groups in total. The van der Waals surface area contributed by atoms with Crippen LogP contribution in [0.4, 0.5) is 0 Å². The summed E-state index contributed by atoms with van der Waals surface area (Å²) in [6.45, 7) is 0. The Morgan fingerprint density at radius 1 is 1.43 bits per heavy atom. The van der Waals surface area contributed by atoms with Crippen molar-refractivity contribution in [3.05, 3.63) is 29.3 Å². The maximum absolute atomic E-state index is 11.0. The molecule has 0 saturated heterocycles. The Kier molecular flexibility index (Phi) is 3.09. The fraction of sp³-hybridized carbons (Fsp3) is 0.111. The van der Waals surface area contributed by atoms with Crippen LogP contribution in [-0.2, 0) is 4.74 Å². The van der Waals surface area contributed by atoms with E-state index in [-0.39, 0.29) is 16.9 Å². The second kappa shape index (κ2) is 4.11. The summed E-state index contributed by atoms with van der Waals surface area (Å²) in [4.78, 5) is 21.7. The number of esters is 1. The van der Waals surface area contributed by atoms with Crippen LogP contribution in [0.1, 0.15) is 20.7 Å². The van der Waals surface area contributed by atoms with Gasteiger partial charge in [-0.2, -0.15) is 0 Å². The zero-order valence-corrected chi connectivity index (χ0v) is 8.04. The number of phenolic OH excluding ortho intramolecular Hbond substituents is 1. The molecular formula is C9H7ClO4. The summed E-state index contributed by atoms with van der Waals surface area (Å²) in [5, 5.41) is 8.51. The van der Waals surface area contributed by atoms with E-state index in [1.807, 2.05) is 0 Å². The number of benzene rings is 1. The van der Waals surface area contributed by atoms with Gasteiger partial charge in [-0.3, -0.25) is 4.79 Å². The van der Waals surface area contributed by atoms with Crippen LogP contribution in [0.15, 0.2) is 18.2 Å². The van der Waals surface area contributed by atoms with E-state index in [4.69, 9.17) is 11.6 Å². The lowest BCUT2D eigenvalue weighted by molar-refractivity contribution is 0.0600. The maximum atomic E-state index is 11.0. The number of methoxy groups -OCH3 is 1. The SMILES string of the molecule is COC(=O)c1ccc(C(=O)Cl)c(O)c1. The molecule has 14 heavy (non-hydrogen) atoms. The molecule has 1 rings (SSSR count). The molecule has 0 atom stereocenters. The Morgan fingerprint density at radius 3 is 2.50 bits per heavy atom. The smallest absolute Gasteiger partial charge is 0.337 e. The number of phenols is 1. The van der Waals surface area contributed by atoms with Gasteiger partial charge in [0.1, 0.15) is 5.75 Å². The predicted octanol–water partition coefficient (Wildman–Crippen LogP) is 1.56. The van der Waals surface area contributed by atoms with E-state index in [0.717, 1.165) is 6.07 Å². The second-order valence-electron chi connectivity index (χ2n) is 2.50. The van der Waals surface area contributed by atoms with Crippen LogP contribution in [0.2, 0.25) is 0 Å². The minimum Gasteiger partial charge on any atom is -0.507 e. The number of ether oxygens (including phenoxy) is 1. The summed E-state index contributed by atoms with van der Waals surface area (Å²) < 4.78 is 4.42. The average molecular weight is 215 g/mol. The van der Waals surface area contributed by atoms with Crippen molar-refractivity contribution in [3.8, 4) is 5.75 Å². The molecule has 0 aliphatic carbocycles. The van der Waals surface area contributed by atoms with Crippen molar-refractivity contribution in [2.45, 2.75) is 0 Å². The van der Waals surface area contributed by atoms with Crippen molar-refractivity contribution in [3.63, 3.8) is 0 Å². The molecular weight excluding hydrogens is 208 g/mol. The first-order valence-electron chi connectivity index (χ1n) is 3.67. The summed E-state index contributed by atoms with van der Waals surface area (Å²) in [6.07, 6.45) is 0. The molecule has 0 radical (unpaired) electrons. The van der Waals surface area contributed by atoms with Gasteiger partial charge < -0.3 is 9.84 Å². The minimum atomic E-state index is -0.779. The van der Waals surface area contributed by atoms with Gasteiger partial charge in [0.15, 0.2) is 0 Å². The van der Waals surface area contributed by atoms with Crippen LogP contribution in [0, 0.1) is 0 Å². The monoisotopic (exact) mass is 214 g/mol. The van der Waals surface area contributed by atoms with E-state index < -0.39 is 11.2 Å². The average Bonchev–Trinajstić information content (AvgIpc) is 2.15. The number of halogens is 1. The molecule has 5 heteroatoms. The zero-order valence-electron chi connectivity index (χ0n) is 7.28.